The molecule has 0 aliphatic heterocycles. The summed E-state index contributed by atoms with van der Waals surface area (Å²) in [6.45, 7) is 1.98. The smallest absolute Gasteiger partial charge is 0.0650 e. The van der Waals surface area contributed by atoms with Gasteiger partial charge in [-0.3, -0.25) is 0 Å². The first kappa shape index (κ1) is 4.80. The van der Waals surface area contributed by atoms with Crippen molar-refractivity contribution in [2.24, 2.45) is 11.8 Å². The van der Waals surface area contributed by atoms with Gasteiger partial charge in [-0.1, -0.05) is 0 Å². The monoisotopic (exact) mass is 112 g/mol. The van der Waals surface area contributed by atoms with Crippen LogP contribution in [0.3, 0.4) is 0 Å². The van der Waals surface area contributed by atoms with E-state index in [0.29, 0.717) is 5.92 Å². The van der Waals surface area contributed by atoms with Crippen molar-refractivity contribution >= 4 is 0 Å². The minimum absolute atomic E-state index is 0.273. The highest BCUT2D eigenvalue weighted by atomic mass is 16.3. The first-order valence-corrected chi connectivity index (χ1v) is 3.42. The molecule has 0 heterocycles. The molecule has 3 atom stereocenters. The molecule has 1 heteroatoms. The molecular formula is C7H12O. The van der Waals surface area contributed by atoms with Crippen LogP contribution >= 0.6 is 0 Å². The largest absolute Gasteiger partial charge is 0.390 e. The first-order chi connectivity index (χ1) is 3.70. The molecule has 2 aliphatic carbocycles. The Morgan fingerprint density at radius 1 is 1.62 bits per heavy atom. The zero-order chi connectivity index (χ0) is 5.78. The van der Waals surface area contributed by atoms with Crippen molar-refractivity contribution in [1.29, 1.82) is 0 Å². The van der Waals surface area contributed by atoms with Crippen molar-refractivity contribution in [2.45, 2.75) is 31.8 Å². The van der Waals surface area contributed by atoms with Crippen molar-refractivity contribution in [3.05, 3.63) is 0 Å². The molecule has 0 saturated heterocycles. The third kappa shape index (κ3) is 0.455. The Bertz CT molecular complexity index is 118. The van der Waals surface area contributed by atoms with Gasteiger partial charge in [-0.05, 0) is 38.0 Å². The molecule has 0 radical (unpaired) electrons. The van der Waals surface area contributed by atoms with Gasteiger partial charge in [-0.2, -0.15) is 0 Å². The summed E-state index contributed by atoms with van der Waals surface area (Å²) in [5.41, 5.74) is -0.273. The topological polar surface area (TPSA) is 20.2 Å². The molecule has 2 aliphatic rings. The third-order valence-electron chi connectivity index (χ3n) is 2.74. The van der Waals surface area contributed by atoms with Crippen LogP contribution in [0.5, 0.6) is 0 Å². The van der Waals surface area contributed by atoms with E-state index in [1.807, 2.05) is 6.92 Å². The van der Waals surface area contributed by atoms with Gasteiger partial charge in [-0.25, -0.2) is 0 Å². The standard InChI is InChI=1S/C7H12O/c1-7(8)3-2-5-4-6(5)7/h5-6,8H,2-4H2,1H3/t5?,6-,7?/m0/s1. The average molecular weight is 112 g/mol. The lowest BCUT2D eigenvalue weighted by atomic mass is 10.0. The summed E-state index contributed by atoms with van der Waals surface area (Å²) in [5.74, 6) is 1.59. The summed E-state index contributed by atoms with van der Waals surface area (Å²) in [4.78, 5) is 0. The average Bonchev–Trinajstić information content (AvgIpc) is 2.34. The van der Waals surface area contributed by atoms with Crippen LogP contribution in [0, 0.1) is 11.8 Å². The second-order valence-electron chi connectivity index (χ2n) is 3.50. The van der Waals surface area contributed by atoms with Crippen molar-refractivity contribution in [3.63, 3.8) is 0 Å². The molecule has 0 aromatic rings. The molecule has 1 nitrogen and oxygen atoms in total. The summed E-state index contributed by atoms with van der Waals surface area (Å²) in [6.07, 6.45) is 3.62. The Balaban J connectivity index is 2.17. The van der Waals surface area contributed by atoms with Crippen LogP contribution in [0.2, 0.25) is 0 Å². The van der Waals surface area contributed by atoms with E-state index in [4.69, 9.17) is 0 Å². The maximum absolute atomic E-state index is 9.50. The van der Waals surface area contributed by atoms with E-state index in [0.717, 1.165) is 12.3 Å². The third-order valence-corrected chi connectivity index (χ3v) is 2.74. The normalized spacial score (nSPS) is 60.8. The predicted octanol–water partition coefficient (Wildman–Crippen LogP) is 1.17. The number of hydrogen-bond acceptors (Lipinski definition) is 1. The van der Waals surface area contributed by atoms with E-state index < -0.39 is 0 Å². The summed E-state index contributed by atoms with van der Waals surface area (Å²) in [7, 11) is 0. The van der Waals surface area contributed by atoms with Crippen LogP contribution < -0.4 is 0 Å². The number of rotatable bonds is 0. The fraction of sp³-hybridized carbons (Fsp3) is 1.00. The minimum atomic E-state index is -0.273. The zero-order valence-corrected chi connectivity index (χ0v) is 5.22. The van der Waals surface area contributed by atoms with Gasteiger partial charge in [0.25, 0.3) is 0 Å². The highest BCUT2D eigenvalue weighted by Crippen LogP contribution is 2.57. The van der Waals surface area contributed by atoms with E-state index in [1.165, 1.54) is 12.8 Å². The summed E-state index contributed by atoms with van der Waals surface area (Å²) >= 11 is 0. The van der Waals surface area contributed by atoms with Gasteiger partial charge >= 0.3 is 0 Å². The van der Waals surface area contributed by atoms with Gasteiger partial charge in [0.2, 0.25) is 0 Å². The van der Waals surface area contributed by atoms with E-state index in [2.05, 4.69) is 0 Å². The number of fused-ring (bicyclic) bond motifs is 1. The maximum atomic E-state index is 9.50. The van der Waals surface area contributed by atoms with Crippen molar-refractivity contribution in [1.82, 2.24) is 0 Å². The van der Waals surface area contributed by atoms with Gasteiger partial charge in [0.1, 0.15) is 0 Å². The Kier molecular flexibility index (Phi) is 0.663. The summed E-state index contributed by atoms with van der Waals surface area (Å²) in [6, 6.07) is 0. The van der Waals surface area contributed by atoms with Gasteiger partial charge in [0.15, 0.2) is 0 Å². The Hall–Kier alpha value is -0.0400. The minimum Gasteiger partial charge on any atom is -0.390 e. The van der Waals surface area contributed by atoms with E-state index in [9.17, 15) is 5.11 Å². The van der Waals surface area contributed by atoms with E-state index >= 15 is 0 Å². The van der Waals surface area contributed by atoms with E-state index in [-0.39, 0.29) is 5.60 Å². The van der Waals surface area contributed by atoms with Gasteiger partial charge in [-0.15, -0.1) is 0 Å². The van der Waals surface area contributed by atoms with Gasteiger partial charge in [0.05, 0.1) is 5.60 Å². The van der Waals surface area contributed by atoms with Gasteiger partial charge < -0.3 is 5.11 Å². The molecule has 0 amide bonds. The quantitative estimate of drug-likeness (QED) is 0.498. The SMILES string of the molecule is CC1(O)CCC2C[C@@H]21. The molecule has 2 rings (SSSR count). The van der Waals surface area contributed by atoms with Crippen LogP contribution in [-0.2, 0) is 0 Å². The molecular weight excluding hydrogens is 100 g/mol. The lowest BCUT2D eigenvalue weighted by molar-refractivity contribution is 0.0447. The number of aliphatic hydroxyl groups is 1. The zero-order valence-electron chi connectivity index (χ0n) is 5.22. The molecule has 8 heavy (non-hydrogen) atoms. The fourth-order valence-corrected chi connectivity index (χ4v) is 1.99. The van der Waals surface area contributed by atoms with Crippen LogP contribution in [0.4, 0.5) is 0 Å². The van der Waals surface area contributed by atoms with Gasteiger partial charge in [0, 0.05) is 0 Å². The van der Waals surface area contributed by atoms with Crippen molar-refractivity contribution < 1.29 is 5.11 Å². The lowest BCUT2D eigenvalue weighted by Crippen LogP contribution is -2.22. The molecule has 2 unspecified atom stereocenters. The Morgan fingerprint density at radius 2 is 2.38 bits per heavy atom. The maximum Gasteiger partial charge on any atom is 0.0650 e. The van der Waals surface area contributed by atoms with Crippen molar-refractivity contribution in [3.8, 4) is 0 Å². The molecule has 1 N–H and O–H groups in total. The summed E-state index contributed by atoms with van der Waals surface area (Å²) in [5, 5.41) is 9.50. The van der Waals surface area contributed by atoms with Crippen molar-refractivity contribution in [2.75, 3.05) is 0 Å². The summed E-state index contributed by atoms with van der Waals surface area (Å²) < 4.78 is 0. The molecule has 2 fully saturated rings. The first-order valence-electron chi connectivity index (χ1n) is 3.42. The predicted molar refractivity (Wildman–Crippen MR) is 31.5 cm³/mol. The molecule has 0 bridgehead atoms. The van der Waals surface area contributed by atoms with E-state index in [1.54, 1.807) is 0 Å². The Labute approximate surface area is 49.7 Å². The number of hydrogen-bond donors (Lipinski definition) is 1. The van der Waals surface area contributed by atoms with Crippen LogP contribution in [0.1, 0.15) is 26.2 Å². The molecule has 0 aromatic heterocycles. The molecule has 2 saturated carbocycles. The second-order valence-corrected chi connectivity index (χ2v) is 3.50. The fourth-order valence-electron chi connectivity index (χ4n) is 1.99. The molecule has 46 valence electrons. The highest BCUT2D eigenvalue weighted by Gasteiger charge is 2.54. The molecule has 0 spiro atoms. The highest BCUT2D eigenvalue weighted by molar-refractivity contribution is 5.04. The van der Waals surface area contributed by atoms with Crippen LogP contribution in [0.15, 0.2) is 0 Å². The van der Waals surface area contributed by atoms with Crippen LogP contribution in [0.25, 0.3) is 0 Å². The lowest BCUT2D eigenvalue weighted by Gasteiger charge is -2.16. The second kappa shape index (κ2) is 1.10. The van der Waals surface area contributed by atoms with Crippen LogP contribution in [-0.4, -0.2) is 10.7 Å². The molecule has 0 aromatic carbocycles. The Morgan fingerprint density at radius 3 is 2.50 bits per heavy atom.